The standard InChI is InChI=1S/C11H18N2O3/c1-3-4-5-15-7-9-6-8(2)10(16-9)11(14)13-12/h6H,3-5,7,12H2,1-2H3,(H,13,14). The van der Waals surface area contributed by atoms with Gasteiger partial charge in [-0.05, 0) is 19.4 Å². The fourth-order valence-corrected chi connectivity index (χ4v) is 1.33. The highest BCUT2D eigenvalue weighted by Gasteiger charge is 2.14. The summed E-state index contributed by atoms with van der Waals surface area (Å²) in [6.07, 6.45) is 2.12. The lowest BCUT2D eigenvalue weighted by Gasteiger charge is -1.99. The zero-order valence-electron chi connectivity index (χ0n) is 9.71. The van der Waals surface area contributed by atoms with E-state index in [9.17, 15) is 4.79 Å². The molecule has 0 saturated heterocycles. The molecule has 5 nitrogen and oxygen atoms in total. The number of unbranched alkanes of at least 4 members (excludes halogenated alkanes) is 1. The van der Waals surface area contributed by atoms with Crippen LogP contribution in [0.1, 0.15) is 41.6 Å². The van der Waals surface area contributed by atoms with E-state index in [0.717, 1.165) is 18.4 Å². The highest BCUT2D eigenvalue weighted by Crippen LogP contribution is 2.15. The summed E-state index contributed by atoms with van der Waals surface area (Å²) in [4.78, 5) is 11.3. The maximum absolute atomic E-state index is 11.3. The fourth-order valence-electron chi connectivity index (χ4n) is 1.33. The highest BCUT2D eigenvalue weighted by atomic mass is 16.5. The fraction of sp³-hybridized carbons (Fsp3) is 0.545. The number of rotatable bonds is 6. The molecule has 0 atom stereocenters. The Kier molecular flexibility index (Phi) is 5.01. The number of carbonyl (C=O) groups is 1. The summed E-state index contributed by atoms with van der Waals surface area (Å²) in [6.45, 7) is 4.99. The minimum Gasteiger partial charge on any atom is -0.453 e. The Bertz CT molecular complexity index is 347. The Morgan fingerprint density at radius 2 is 2.38 bits per heavy atom. The Labute approximate surface area is 94.9 Å². The Morgan fingerprint density at radius 3 is 3.00 bits per heavy atom. The van der Waals surface area contributed by atoms with Crippen LogP contribution in [0.3, 0.4) is 0 Å². The van der Waals surface area contributed by atoms with Gasteiger partial charge in [0.15, 0.2) is 5.76 Å². The lowest BCUT2D eigenvalue weighted by Crippen LogP contribution is -2.30. The van der Waals surface area contributed by atoms with Crippen LogP contribution in [0.2, 0.25) is 0 Å². The second kappa shape index (κ2) is 6.30. The van der Waals surface area contributed by atoms with E-state index < -0.39 is 5.91 Å². The number of hydrazine groups is 1. The first-order valence-electron chi connectivity index (χ1n) is 5.37. The van der Waals surface area contributed by atoms with Gasteiger partial charge in [0.05, 0.1) is 0 Å². The van der Waals surface area contributed by atoms with Crippen molar-refractivity contribution in [1.29, 1.82) is 0 Å². The van der Waals surface area contributed by atoms with Gasteiger partial charge in [-0.3, -0.25) is 10.2 Å². The number of aryl methyl sites for hydroxylation is 1. The molecule has 0 aromatic carbocycles. The van der Waals surface area contributed by atoms with Crippen molar-refractivity contribution in [3.63, 3.8) is 0 Å². The topological polar surface area (TPSA) is 77.5 Å². The monoisotopic (exact) mass is 226 g/mol. The van der Waals surface area contributed by atoms with Gasteiger partial charge in [0, 0.05) is 12.2 Å². The molecule has 1 amide bonds. The molecule has 1 aromatic heterocycles. The van der Waals surface area contributed by atoms with Crippen LogP contribution in [0.15, 0.2) is 10.5 Å². The van der Waals surface area contributed by atoms with Crippen LogP contribution < -0.4 is 11.3 Å². The zero-order chi connectivity index (χ0) is 12.0. The maximum Gasteiger partial charge on any atom is 0.301 e. The molecule has 5 heteroatoms. The second-order valence-electron chi connectivity index (χ2n) is 3.60. The predicted molar refractivity (Wildman–Crippen MR) is 59.7 cm³/mol. The smallest absolute Gasteiger partial charge is 0.301 e. The molecular weight excluding hydrogens is 208 g/mol. The van der Waals surface area contributed by atoms with Crippen LogP contribution in [0.5, 0.6) is 0 Å². The summed E-state index contributed by atoms with van der Waals surface area (Å²) in [6, 6.07) is 1.79. The van der Waals surface area contributed by atoms with E-state index in [2.05, 4.69) is 6.92 Å². The van der Waals surface area contributed by atoms with Gasteiger partial charge in [-0.25, -0.2) is 5.84 Å². The van der Waals surface area contributed by atoms with Crippen molar-refractivity contribution < 1.29 is 13.9 Å². The molecule has 0 aliphatic rings. The summed E-state index contributed by atoms with van der Waals surface area (Å²) in [5.41, 5.74) is 2.80. The number of hydrogen-bond donors (Lipinski definition) is 2. The summed E-state index contributed by atoms with van der Waals surface area (Å²) in [5, 5.41) is 0. The predicted octanol–water partition coefficient (Wildman–Crippen LogP) is 1.51. The Hall–Kier alpha value is -1.33. The first-order chi connectivity index (χ1) is 7.69. The largest absolute Gasteiger partial charge is 0.453 e. The molecule has 0 bridgehead atoms. The third-order valence-electron chi connectivity index (χ3n) is 2.19. The molecule has 0 spiro atoms. The molecule has 0 radical (unpaired) electrons. The molecule has 0 fully saturated rings. The zero-order valence-corrected chi connectivity index (χ0v) is 9.71. The average molecular weight is 226 g/mol. The van der Waals surface area contributed by atoms with Crippen LogP contribution in [0.25, 0.3) is 0 Å². The van der Waals surface area contributed by atoms with Gasteiger partial charge >= 0.3 is 5.91 Å². The lowest BCUT2D eigenvalue weighted by molar-refractivity contribution is 0.0890. The van der Waals surface area contributed by atoms with E-state index in [4.69, 9.17) is 15.0 Å². The summed E-state index contributed by atoms with van der Waals surface area (Å²) >= 11 is 0. The number of furan rings is 1. The first-order valence-corrected chi connectivity index (χ1v) is 5.37. The Morgan fingerprint density at radius 1 is 1.62 bits per heavy atom. The molecule has 1 heterocycles. The van der Waals surface area contributed by atoms with Gasteiger partial charge in [0.2, 0.25) is 0 Å². The first kappa shape index (κ1) is 12.7. The van der Waals surface area contributed by atoms with Crippen LogP contribution in [0.4, 0.5) is 0 Å². The van der Waals surface area contributed by atoms with Gasteiger partial charge < -0.3 is 9.15 Å². The van der Waals surface area contributed by atoms with Crippen LogP contribution >= 0.6 is 0 Å². The molecule has 16 heavy (non-hydrogen) atoms. The van der Waals surface area contributed by atoms with Crippen molar-refractivity contribution in [2.75, 3.05) is 6.61 Å². The van der Waals surface area contributed by atoms with E-state index in [-0.39, 0.29) is 5.76 Å². The number of nitrogens with one attached hydrogen (secondary N) is 1. The van der Waals surface area contributed by atoms with Crippen molar-refractivity contribution in [3.8, 4) is 0 Å². The second-order valence-corrected chi connectivity index (χ2v) is 3.60. The number of nitrogen functional groups attached to an aromatic ring is 1. The minimum absolute atomic E-state index is 0.247. The molecule has 3 N–H and O–H groups in total. The van der Waals surface area contributed by atoms with Crippen LogP contribution in [-0.2, 0) is 11.3 Å². The molecule has 1 aromatic rings. The number of amides is 1. The third kappa shape index (κ3) is 3.36. The van der Waals surface area contributed by atoms with E-state index in [1.165, 1.54) is 0 Å². The van der Waals surface area contributed by atoms with Gasteiger partial charge in [0.1, 0.15) is 12.4 Å². The summed E-state index contributed by atoms with van der Waals surface area (Å²) < 4.78 is 10.7. The van der Waals surface area contributed by atoms with Gasteiger partial charge in [-0.2, -0.15) is 0 Å². The average Bonchev–Trinajstić information content (AvgIpc) is 2.65. The lowest BCUT2D eigenvalue weighted by atomic mass is 10.2. The van der Waals surface area contributed by atoms with E-state index in [1.807, 2.05) is 5.43 Å². The number of carbonyl (C=O) groups excluding carboxylic acids is 1. The molecule has 0 saturated carbocycles. The van der Waals surface area contributed by atoms with Crippen molar-refractivity contribution in [3.05, 3.63) is 23.2 Å². The quantitative estimate of drug-likeness (QED) is 0.333. The Balaban J connectivity index is 2.52. The van der Waals surface area contributed by atoms with Gasteiger partial charge in [-0.15, -0.1) is 0 Å². The number of ether oxygens (including phenoxy) is 1. The van der Waals surface area contributed by atoms with Crippen molar-refractivity contribution in [1.82, 2.24) is 5.43 Å². The molecule has 0 aliphatic carbocycles. The third-order valence-corrected chi connectivity index (χ3v) is 2.19. The molecular formula is C11H18N2O3. The van der Waals surface area contributed by atoms with Crippen molar-refractivity contribution >= 4 is 5.91 Å². The van der Waals surface area contributed by atoms with Crippen LogP contribution in [-0.4, -0.2) is 12.5 Å². The molecule has 1 rings (SSSR count). The summed E-state index contributed by atoms with van der Waals surface area (Å²) in [7, 11) is 0. The number of nitrogens with two attached hydrogens (primary N) is 1. The maximum atomic E-state index is 11.3. The molecule has 0 unspecified atom stereocenters. The van der Waals surface area contributed by atoms with Crippen molar-refractivity contribution in [2.45, 2.75) is 33.3 Å². The van der Waals surface area contributed by atoms with Gasteiger partial charge in [0.25, 0.3) is 0 Å². The van der Waals surface area contributed by atoms with Crippen molar-refractivity contribution in [2.24, 2.45) is 5.84 Å². The van der Waals surface area contributed by atoms with Crippen LogP contribution in [0, 0.1) is 6.92 Å². The summed E-state index contributed by atoms with van der Waals surface area (Å²) in [5.74, 6) is 5.50. The van der Waals surface area contributed by atoms with E-state index in [1.54, 1.807) is 13.0 Å². The van der Waals surface area contributed by atoms with E-state index >= 15 is 0 Å². The van der Waals surface area contributed by atoms with E-state index in [0.29, 0.717) is 19.0 Å². The normalized spacial score (nSPS) is 10.4. The SMILES string of the molecule is CCCCOCc1cc(C)c(C(=O)NN)o1. The molecule has 90 valence electrons. The highest BCUT2D eigenvalue weighted by molar-refractivity contribution is 5.92. The number of hydrogen-bond acceptors (Lipinski definition) is 4. The molecule has 0 aliphatic heterocycles. The minimum atomic E-state index is -0.419. The van der Waals surface area contributed by atoms with Gasteiger partial charge in [-0.1, -0.05) is 13.3 Å².